The zero-order valence-electron chi connectivity index (χ0n) is 18.3. The monoisotopic (exact) mass is 400 g/mol. The van der Waals surface area contributed by atoms with Crippen LogP contribution in [0.2, 0.25) is 0 Å². The number of carbonyl (C=O) groups excluding carboxylic acids is 2. The lowest BCUT2D eigenvalue weighted by Gasteiger charge is -2.10. The number of hydrazine groups is 1. The van der Waals surface area contributed by atoms with E-state index in [1.165, 1.54) is 0 Å². The highest BCUT2D eigenvalue weighted by Gasteiger charge is 2.14. The van der Waals surface area contributed by atoms with Gasteiger partial charge in [0.15, 0.2) is 6.61 Å². The highest BCUT2D eigenvalue weighted by Crippen LogP contribution is 2.17. The molecule has 0 spiro atoms. The predicted molar refractivity (Wildman–Crippen MR) is 113 cm³/mol. The van der Waals surface area contributed by atoms with E-state index in [4.69, 9.17) is 4.74 Å². The van der Waals surface area contributed by atoms with Crippen LogP contribution in [-0.4, -0.2) is 28.2 Å². The van der Waals surface area contributed by atoms with Gasteiger partial charge in [-0.25, -0.2) is 0 Å². The number of amides is 2. The summed E-state index contributed by atoms with van der Waals surface area (Å²) in [4.78, 5) is 24.0. The van der Waals surface area contributed by atoms with Crippen LogP contribution >= 0.6 is 0 Å². The molecule has 0 radical (unpaired) electrons. The van der Waals surface area contributed by atoms with Gasteiger partial charge in [0.05, 0.1) is 5.69 Å². The smallest absolute Gasteiger partial charge is 0.276 e. The zero-order chi connectivity index (χ0) is 21.6. The number of carbonyl (C=O) groups is 2. The van der Waals surface area contributed by atoms with Crippen LogP contribution in [0, 0.1) is 33.6 Å². The number of rotatable bonds is 8. The number of nitrogens with one attached hydrogen (secondary N) is 2. The van der Waals surface area contributed by atoms with Gasteiger partial charge < -0.3 is 4.74 Å². The van der Waals surface area contributed by atoms with E-state index in [-0.39, 0.29) is 18.9 Å². The summed E-state index contributed by atoms with van der Waals surface area (Å²) < 4.78 is 7.46. The van der Waals surface area contributed by atoms with Crippen LogP contribution in [0.3, 0.4) is 0 Å². The molecule has 0 unspecified atom stereocenters. The highest BCUT2D eigenvalue weighted by atomic mass is 16.5. The van der Waals surface area contributed by atoms with E-state index in [2.05, 4.69) is 29.8 Å². The van der Waals surface area contributed by atoms with Crippen LogP contribution in [0.25, 0.3) is 0 Å². The van der Waals surface area contributed by atoms with E-state index < -0.39 is 5.91 Å². The summed E-state index contributed by atoms with van der Waals surface area (Å²) in [5.41, 5.74) is 10.2. The molecule has 7 heteroatoms. The molecular formula is C22H32N4O3. The van der Waals surface area contributed by atoms with E-state index in [1.54, 1.807) is 0 Å². The number of nitrogens with zero attached hydrogens (tertiary/aromatic N) is 2. The average Bonchev–Trinajstić information content (AvgIpc) is 2.91. The van der Waals surface area contributed by atoms with E-state index >= 15 is 0 Å². The Morgan fingerprint density at radius 3 is 2.41 bits per heavy atom. The fourth-order valence-electron chi connectivity index (χ4n) is 3.05. The maximum absolute atomic E-state index is 12.1. The minimum atomic E-state index is -0.409. The summed E-state index contributed by atoms with van der Waals surface area (Å²) in [5, 5.41) is 4.57. The van der Waals surface area contributed by atoms with Gasteiger partial charge in [0.2, 0.25) is 5.91 Å². The Hall–Kier alpha value is -2.83. The summed E-state index contributed by atoms with van der Waals surface area (Å²) in [7, 11) is 0. The van der Waals surface area contributed by atoms with Gasteiger partial charge >= 0.3 is 0 Å². The van der Waals surface area contributed by atoms with Gasteiger partial charge in [-0.15, -0.1) is 0 Å². The lowest BCUT2D eigenvalue weighted by molar-refractivity contribution is -0.130. The molecule has 0 saturated heterocycles. The molecule has 1 aromatic heterocycles. The summed E-state index contributed by atoms with van der Waals surface area (Å²) in [5.74, 6) is 0.470. The molecule has 0 bridgehead atoms. The average molecular weight is 401 g/mol. The minimum Gasteiger partial charge on any atom is -0.484 e. The summed E-state index contributed by atoms with van der Waals surface area (Å²) in [6, 6.07) is 5.64. The molecule has 2 amide bonds. The number of ether oxygens (including phenoxy) is 1. The van der Waals surface area contributed by atoms with Gasteiger partial charge in [-0.05, 0) is 68.9 Å². The Morgan fingerprint density at radius 1 is 1.07 bits per heavy atom. The number of hydrogen-bond donors (Lipinski definition) is 2. The molecule has 0 saturated carbocycles. The second kappa shape index (κ2) is 10.1. The lowest BCUT2D eigenvalue weighted by Crippen LogP contribution is -2.43. The molecule has 1 aromatic carbocycles. The first kappa shape index (κ1) is 22.5. The standard InChI is InChI=1S/C22H32N4O3/c1-14(2)12-26-18(6)20(17(5)25-26)9-10-21(27)23-24-22(28)13-29-19-8-7-15(3)16(4)11-19/h7-8,11,14H,9-10,12-13H2,1-6H3,(H,23,27)(H,24,28). The van der Waals surface area contributed by atoms with E-state index in [0.717, 1.165) is 34.6 Å². The maximum atomic E-state index is 12.1. The normalized spacial score (nSPS) is 10.9. The van der Waals surface area contributed by atoms with Gasteiger partial charge in [0.1, 0.15) is 5.75 Å². The Labute approximate surface area is 172 Å². The Bertz CT molecular complexity index is 871. The molecule has 0 aliphatic carbocycles. The zero-order valence-corrected chi connectivity index (χ0v) is 18.3. The lowest BCUT2D eigenvalue weighted by atomic mass is 10.1. The van der Waals surface area contributed by atoms with Crippen molar-refractivity contribution in [2.45, 2.75) is 60.9 Å². The van der Waals surface area contributed by atoms with Crippen molar-refractivity contribution < 1.29 is 14.3 Å². The van der Waals surface area contributed by atoms with Crippen molar-refractivity contribution in [1.82, 2.24) is 20.6 Å². The minimum absolute atomic E-state index is 0.164. The largest absolute Gasteiger partial charge is 0.484 e. The van der Waals surface area contributed by atoms with E-state index in [0.29, 0.717) is 18.1 Å². The summed E-state index contributed by atoms with van der Waals surface area (Å²) in [6.07, 6.45) is 0.851. The molecule has 7 nitrogen and oxygen atoms in total. The van der Waals surface area contributed by atoms with Gasteiger partial charge in [-0.2, -0.15) is 5.10 Å². The number of benzene rings is 1. The van der Waals surface area contributed by atoms with Crippen molar-refractivity contribution in [3.63, 3.8) is 0 Å². The quantitative estimate of drug-likeness (QED) is 0.667. The predicted octanol–water partition coefficient (Wildman–Crippen LogP) is 2.93. The van der Waals surface area contributed by atoms with Crippen molar-refractivity contribution in [3.8, 4) is 5.75 Å². The van der Waals surface area contributed by atoms with Crippen molar-refractivity contribution in [1.29, 1.82) is 0 Å². The summed E-state index contributed by atoms with van der Waals surface area (Å²) in [6.45, 7) is 13.0. The van der Waals surface area contributed by atoms with E-state index in [9.17, 15) is 9.59 Å². The van der Waals surface area contributed by atoms with Crippen molar-refractivity contribution in [2.24, 2.45) is 5.92 Å². The van der Waals surface area contributed by atoms with Crippen molar-refractivity contribution in [2.75, 3.05) is 6.61 Å². The Kier molecular flexibility index (Phi) is 7.82. The van der Waals surface area contributed by atoms with Gasteiger partial charge in [-0.3, -0.25) is 25.1 Å². The second-order valence-electron chi connectivity index (χ2n) is 7.86. The third kappa shape index (κ3) is 6.62. The molecule has 0 atom stereocenters. The van der Waals surface area contributed by atoms with Crippen LogP contribution in [0.5, 0.6) is 5.75 Å². The highest BCUT2D eigenvalue weighted by molar-refractivity contribution is 5.82. The molecule has 0 fully saturated rings. The van der Waals surface area contributed by atoms with Gasteiger partial charge in [-0.1, -0.05) is 19.9 Å². The molecule has 1 heterocycles. The SMILES string of the molecule is Cc1ccc(OCC(=O)NNC(=O)CCc2c(C)nn(CC(C)C)c2C)cc1C. The third-order valence-corrected chi connectivity index (χ3v) is 4.86. The number of aromatic nitrogens is 2. The van der Waals surface area contributed by atoms with Crippen LogP contribution in [0.1, 0.15) is 48.3 Å². The van der Waals surface area contributed by atoms with Crippen LogP contribution in [-0.2, 0) is 22.6 Å². The van der Waals surface area contributed by atoms with Gasteiger partial charge in [0, 0.05) is 18.7 Å². The molecule has 29 heavy (non-hydrogen) atoms. The fraction of sp³-hybridized carbons (Fsp3) is 0.500. The molecule has 2 N–H and O–H groups in total. The first-order valence-electron chi connectivity index (χ1n) is 9.98. The first-order valence-corrected chi connectivity index (χ1v) is 9.98. The number of aryl methyl sites for hydroxylation is 3. The van der Waals surface area contributed by atoms with Crippen LogP contribution in [0.15, 0.2) is 18.2 Å². The molecule has 2 aromatic rings. The Morgan fingerprint density at radius 2 is 1.76 bits per heavy atom. The third-order valence-electron chi connectivity index (χ3n) is 4.86. The molecule has 158 valence electrons. The van der Waals surface area contributed by atoms with Crippen molar-refractivity contribution in [3.05, 3.63) is 46.3 Å². The second-order valence-corrected chi connectivity index (χ2v) is 7.86. The molecule has 0 aliphatic heterocycles. The first-order chi connectivity index (χ1) is 13.7. The molecule has 0 aliphatic rings. The van der Waals surface area contributed by atoms with E-state index in [1.807, 2.05) is 50.6 Å². The fourth-order valence-corrected chi connectivity index (χ4v) is 3.05. The maximum Gasteiger partial charge on any atom is 0.276 e. The topological polar surface area (TPSA) is 85.2 Å². The van der Waals surface area contributed by atoms with Crippen molar-refractivity contribution >= 4 is 11.8 Å². The Balaban J connectivity index is 1.76. The molecular weight excluding hydrogens is 368 g/mol. The summed E-state index contributed by atoms with van der Waals surface area (Å²) >= 11 is 0. The van der Waals surface area contributed by atoms with Crippen LogP contribution < -0.4 is 15.6 Å². The van der Waals surface area contributed by atoms with Gasteiger partial charge in [0.25, 0.3) is 5.91 Å². The molecule has 2 rings (SSSR count). The van der Waals surface area contributed by atoms with Crippen LogP contribution in [0.4, 0.5) is 0 Å². The number of hydrogen-bond acceptors (Lipinski definition) is 4.